The maximum atomic E-state index is 13.4. The number of carboxylic acids is 1. The standard InChI is InChI=1S/C23H23ClN2O5S/c1-23(7-2-8-23)13-31-20-11-18(24)16(12-25)9-19(20)26-32(29,30)21-10-15(22(27)28)5-6-17(21)14-3-4-14/h5-6,9-11,14,26H,2-4,7-8,13H2,1H3,(H,27,28). The highest BCUT2D eigenvalue weighted by atomic mass is 35.5. The number of aromatic carboxylic acids is 1. The van der Waals surface area contributed by atoms with E-state index in [1.165, 1.54) is 24.3 Å². The molecule has 0 radical (unpaired) electrons. The number of rotatable bonds is 8. The first kappa shape index (κ1) is 22.4. The number of nitrogens with zero attached hydrogens (tertiary/aromatic N) is 1. The van der Waals surface area contributed by atoms with Gasteiger partial charge in [-0.1, -0.05) is 31.0 Å². The lowest BCUT2D eigenvalue weighted by molar-refractivity contribution is 0.0696. The Kier molecular flexibility index (Phi) is 5.82. The molecule has 2 N–H and O–H groups in total. The van der Waals surface area contributed by atoms with Gasteiger partial charge in [-0.2, -0.15) is 5.26 Å². The van der Waals surface area contributed by atoms with E-state index in [0.717, 1.165) is 32.1 Å². The molecule has 0 aliphatic heterocycles. The first-order valence-corrected chi connectivity index (χ1v) is 12.2. The zero-order chi connectivity index (χ0) is 23.1. The Hall–Kier alpha value is -2.76. The highest BCUT2D eigenvalue weighted by molar-refractivity contribution is 7.92. The second-order valence-electron chi connectivity index (χ2n) is 8.83. The maximum absolute atomic E-state index is 13.4. The van der Waals surface area contributed by atoms with Gasteiger partial charge >= 0.3 is 5.97 Å². The quantitative estimate of drug-likeness (QED) is 0.546. The predicted molar refractivity (Wildman–Crippen MR) is 120 cm³/mol. The minimum atomic E-state index is -4.16. The Morgan fingerprint density at radius 2 is 2.03 bits per heavy atom. The third-order valence-electron chi connectivity index (χ3n) is 6.14. The molecule has 0 amide bonds. The van der Waals surface area contributed by atoms with Crippen molar-refractivity contribution in [1.29, 1.82) is 5.26 Å². The minimum absolute atomic E-state index is 0.0193. The van der Waals surface area contributed by atoms with Crippen LogP contribution in [0.4, 0.5) is 5.69 Å². The number of hydrogen-bond acceptors (Lipinski definition) is 5. The average Bonchev–Trinajstić information content (AvgIpc) is 3.57. The summed E-state index contributed by atoms with van der Waals surface area (Å²) in [4.78, 5) is 11.4. The van der Waals surface area contributed by atoms with E-state index in [1.54, 1.807) is 6.07 Å². The number of nitrogens with one attached hydrogen (secondary N) is 1. The lowest BCUT2D eigenvalue weighted by atomic mass is 9.71. The van der Waals surface area contributed by atoms with Gasteiger partial charge in [-0.15, -0.1) is 0 Å². The molecule has 2 aliphatic carbocycles. The number of benzene rings is 2. The number of anilines is 1. The van der Waals surface area contributed by atoms with Crippen molar-refractivity contribution in [2.45, 2.75) is 49.8 Å². The van der Waals surface area contributed by atoms with Crippen molar-refractivity contribution >= 4 is 33.3 Å². The average molecular weight is 475 g/mol. The molecule has 168 valence electrons. The molecule has 2 aromatic carbocycles. The van der Waals surface area contributed by atoms with Crippen LogP contribution in [0.2, 0.25) is 5.02 Å². The highest BCUT2D eigenvalue weighted by Gasteiger charge is 2.34. The molecule has 2 aliphatic rings. The van der Waals surface area contributed by atoms with Gasteiger partial charge in [-0.3, -0.25) is 4.72 Å². The topological polar surface area (TPSA) is 116 Å². The zero-order valence-electron chi connectivity index (χ0n) is 17.5. The number of carbonyl (C=O) groups is 1. The predicted octanol–water partition coefficient (Wildman–Crippen LogP) is 5.16. The highest BCUT2D eigenvalue weighted by Crippen LogP contribution is 2.44. The summed E-state index contributed by atoms with van der Waals surface area (Å²) in [5.41, 5.74) is 0.690. The van der Waals surface area contributed by atoms with Crippen molar-refractivity contribution < 1.29 is 23.1 Å². The van der Waals surface area contributed by atoms with E-state index >= 15 is 0 Å². The largest absolute Gasteiger partial charge is 0.491 e. The smallest absolute Gasteiger partial charge is 0.335 e. The minimum Gasteiger partial charge on any atom is -0.491 e. The van der Waals surface area contributed by atoms with Crippen LogP contribution in [0, 0.1) is 16.7 Å². The molecule has 4 rings (SSSR count). The summed E-state index contributed by atoms with van der Waals surface area (Å²) in [6, 6.07) is 8.88. The Labute approximate surface area is 192 Å². The van der Waals surface area contributed by atoms with Crippen LogP contribution in [-0.2, 0) is 10.0 Å². The van der Waals surface area contributed by atoms with Crippen LogP contribution in [-0.4, -0.2) is 26.1 Å². The first-order chi connectivity index (χ1) is 15.1. The van der Waals surface area contributed by atoms with Crippen LogP contribution < -0.4 is 9.46 Å². The zero-order valence-corrected chi connectivity index (χ0v) is 19.1. The second-order valence-corrected chi connectivity index (χ2v) is 10.9. The fraction of sp³-hybridized carbons (Fsp3) is 0.391. The van der Waals surface area contributed by atoms with Crippen LogP contribution in [0.25, 0.3) is 0 Å². The Bertz CT molecular complexity index is 1230. The molecule has 0 atom stereocenters. The molecule has 7 nitrogen and oxygen atoms in total. The molecule has 0 unspecified atom stereocenters. The Morgan fingerprint density at radius 1 is 1.31 bits per heavy atom. The fourth-order valence-corrected chi connectivity index (χ4v) is 5.43. The van der Waals surface area contributed by atoms with Crippen molar-refractivity contribution in [2.75, 3.05) is 11.3 Å². The maximum Gasteiger partial charge on any atom is 0.335 e. The molecule has 2 fully saturated rings. The van der Waals surface area contributed by atoms with Gasteiger partial charge in [0.15, 0.2) is 0 Å². The number of ether oxygens (including phenoxy) is 1. The van der Waals surface area contributed by atoms with Gasteiger partial charge in [-0.25, -0.2) is 13.2 Å². The van der Waals surface area contributed by atoms with Crippen LogP contribution in [0.15, 0.2) is 35.2 Å². The summed E-state index contributed by atoms with van der Waals surface area (Å²) in [6.45, 7) is 2.50. The SMILES string of the molecule is CC1(COc2cc(Cl)c(C#N)cc2NS(=O)(=O)c2cc(C(=O)O)ccc2C2CC2)CCC1. The van der Waals surface area contributed by atoms with Crippen molar-refractivity contribution in [3.63, 3.8) is 0 Å². The van der Waals surface area contributed by atoms with E-state index in [2.05, 4.69) is 11.6 Å². The number of halogens is 1. The first-order valence-electron chi connectivity index (χ1n) is 10.4. The lowest BCUT2D eigenvalue weighted by Gasteiger charge is -2.38. The Balaban J connectivity index is 1.71. The van der Waals surface area contributed by atoms with Crippen LogP contribution in [0.5, 0.6) is 5.75 Å². The molecular weight excluding hydrogens is 452 g/mol. The summed E-state index contributed by atoms with van der Waals surface area (Å²) >= 11 is 6.17. The number of carboxylic acid groups (broad SMARTS) is 1. The van der Waals surface area contributed by atoms with E-state index in [4.69, 9.17) is 16.3 Å². The summed E-state index contributed by atoms with van der Waals surface area (Å²) in [6.07, 6.45) is 4.86. The monoisotopic (exact) mass is 474 g/mol. The van der Waals surface area contributed by atoms with Gasteiger partial charge in [0.05, 0.1) is 33.3 Å². The molecule has 2 aromatic rings. The van der Waals surface area contributed by atoms with Crippen molar-refractivity contribution in [3.8, 4) is 11.8 Å². The molecule has 0 bridgehead atoms. The number of hydrogen-bond donors (Lipinski definition) is 2. The van der Waals surface area contributed by atoms with Crippen molar-refractivity contribution in [2.24, 2.45) is 5.41 Å². The van der Waals surface area contributed by atoms with Gasteiger partial charge in [0, 0.05) is 11.5 Å². The molecular formula is C23H23ClN2O5S. The molecule has 0 heterocycles. The third-order valence-corrected chi connectivity index (χ3v) is 7.87. The number of sulfonamides is 1. The summed E-state index contributed by atoms with van der Waals surface area (Å²) < 4.78 is 35.2. The van der Waals surface area contributed by atoms with E-state index < -0.39 is 16.0 Å². The summed E-state index contributed by atoms with van der Waals surface area (Å²) in [5.74, 6) is -0.897. The summed E-state index contributed by atoms with van der Waals surface area (Å²) in [5, 5.41) is 18.9. The van der Waals surface area contributed by atoms with Gasteiger partial charge < -0.3 is 9.84 Å². The number of nitriles is 1. The summed E-state index contributed by atoms with van der Waals surface area (Å²) in [7, 11) is -4.16. The normalized spacial score (nSPS) is 17.2. The fourth-order valence-electron chi connectivity index (χ4n) is 3.85. The molecule has 0 saturated heterocycles. The molecule has 0 spiro atoms. The molecule has 0 aromatic heterocycles. The molecule has 32 heavy (non-hydrogen) atoms. The van der Waals surface area contributed by atoms with Gasteiger partial charge in [0.25, 0.3) is 10.0 Å². The third kappa shape index (κ3) is 4.54. The second kappa shape index (κ2) is 8.30. The Morgan fingerprint density at radius 3 is 2.59 bits per heavy atom. The van der Waals surface area contributed by atoms with E-state index in [9.17, 15) is 23.6 Å². The van der Waals surface area contributed by atoms with Crippen LogP contribution in [0.1, 0.15) is 66.4 Å². The molecule has 2 saturated carbocycles. The van der Waals surface area contributed by atoms with Gasteiger partial charge in [0.2, 0.25) is 0 Å². The van der Waals surface area contributed by atoms with E-state index in [0.29, 0.717) is 12.2 Å². The lowest BCUT2D eigenvalue weighted by Crippen LogP contribution is -2.32. The van der Waals surface area contributed by atoms with Crippen LogP contribution >= 0.6 is 11.6 Å². The van der Waals surface area contributed by atoms with Gasteiger partial charge in [0.1, 0.15) is 11.8 Å². The van der Waals surface area contributed by atoms with Crippen molar-refractivity contribution in [3.05, 3.63) is 52.0 Å². The van der Waals surface area contributed by atoms with Crippen molar-refractivity contribution in [1.82, 2.24) is 0 Å². The van der Waals surface area contributed by atoms with Gasteiger partial charge in [-0.05, 0) is 55.4 Å². The van der Waals surface area contributed by atoms with Crippen LogP contribution in [0.3, 0.4) is 0 Å². The van der Waals surface area contributed by atoms with E-state index in [-0.39, 0.29) is 43.8 Å². The molecule has 9 heteroatoms. The van der Waals surface area contributed by atoms with E-state index in [1.807, 2.05) is 6.07 Å².